The molecule has 0 saturated carbocycles. The van der Waals surface area contributed by atoms with Crippen LogP contribution in [0.25, 0.3) is 0 Å². The van der Waals surface area contributed by atoms with Gasteiger partial charge in [-0.2, -0.15) is 0 Å². The fourth-order valence-corrected chi connectivity index (χ4v) is 2.63. The third kappa shape index (κ3) is 2.60. The molecule has 0 radical (unpaired) electrons. The molecule has 0 spiro atoms. The molecule has 114 valence electrons. The maximum absolute atomic E-state index is 12.6. The van der Waals surface area contributed by atoms with Crippen molar-refractivity contribution in [3.05, 3.63) is 29.8 Å². The van der Waals surface area contributed by atoms with E-state index in [0.717, 1.165) is 5.56 Å². The third-order valence-electron chi connectivity index (χ3n) is 4.82. The Hall–Kier alpha value is -1.68. The van der Waals surface area contributed by atoms with Gasteiger partial charge in [-0.1, -0.05) is 26.0 Å². The van der Waals surface area contributed by atoms with Gasteiger partial charge >= 0.3 is 0 Å². The van der Waals surface area contributed by atoms with Gasteiger partial charge in [-0.25, -0.2) is 0 Å². The molecule has 1 N–H and O–H groups in total. The van der Waals surface area contributed by atoms with Crippen LogP contribution < -0.4 is 10.2 Å². The first-order valence-corrected chi connectivity index (χ1v) is 7.46. The van der Waals surface area contributed by atoms with Crippen molar-refractivity contribution < 1.29 is 9.59 Å². The van der Waals surface area contributed by atoms with Crippen molar-refractivity contribution in [2.24, 2.45) is 11.3 Å². The summed E-state index contributed by atoms with van der Waals surface area (Å²) in [7, 11) is 1.90. The van der Waals surface area contributed by atoms with Crippen molar-refractivity contribution in [3.8, 4) is 0 Å². The van der Waals surface area contributed by atoms with Gasteiger partial charge in [0.2, 0.25) is 11.8 Å². The average molecular weight is 288 g/mol. The lowest BCUT2D eigenvalue weighted by molar-refractivity contribution is -0.126. The number of amides is 2. The lowest BCUT2D eigenvalue weighted by Gasteiger charge is -2.26. The van der Waals surface area contributed by atoms with E-state index < -0.39 is 5.41 Å². The van der Waals surface area contributed by atoms with Crippen LogP contribution in [0.5, 0.6) is 0 Å². The second kappa shape index (κ2) is 5.60. The third-order valence-corrected chi connectivity index (χ3v) is 4.82. The van der Waals surface area contributed by atoms with E-state index in [9.17, 15) is 9.59 Å². The van der Waals surface area contributed by atoms with Gasteiger partial charge in [0.15, 0.2) is 0 Å². The SMILES string of the molecule is CNC(C)c1ccc(N2C(=O)CC(C)(C(C)C)C2=O)cc1. The molecule has 1 aromatic carbocycles. The van der Waals surface area contributed by atoms with Crippen LogP contribution in [0.1, 0.15) is 45.7 Å². The number of nitrogens with zero attached hydrogens (tertiary/aromatic N) is 1. The zero-order valence-electron chi connectivity index (χ0n) is 13.4. The van der Waals surface area contributed by atoms with Gasteiger partial charge in [0.25, 0.3) is 0 Å². The molecule has 0 aliphatic carbocycles. The number of hydrogen-bond acceptors (Lipinski definition) is 3. The zero-order chi connectivity index (χ0) is 15.8. The van der Waals surface area contributed by atoms with Crippen LogP contribution in [0.3, 0.4) is 0 Å². The normalized spacial score (nSPS) is 24.0. The van der Waals surface area contributed by atoms with Crippen molar-refractivity contribution in [1.29, 1.82) is 0 Å². The van der Waals surface area contributed by atoms with Crippen LogP contribution in [0, 0.1) is 11.3 Å². The van der Waals surface area contributed by atoms with Crippen LogP contribution >= 0.6 is 0 Å². The molecule has 4 heteroatoms. The Bertz CT molecular complexity index is 550. The average Bonchev–Trinajstić information content (AvgIpc) is 2.69. The van der Waals surface area contributed by atoms with Gasteiger partial charge in [0.05, 0.1) is 11.1 Å². The number of benzene rings is 1. The van der Waals surface area contributed by atoms with E-state index in [2.05, 4.69) is 12.2 Å². The van der Waals surface area contributed by atoms with E-state index in [1.165, 1.54) is 4.90 Å². The minimum Gasteiger partial charge on any atom is -0.313 e. The first kappa shape index (κ1) is 15.7. The lowest BCUT2D eigenvalue weighted by atomic mass is 9.78. The Labute approximate surface area is 126 Å². The highest BCUT2D eigenvalue weighted by atomic mass is 16.2. The Morgan fingerprint density at radius 1 is 1.14 bits per heavy atom. The maximum Gasteiger partial charge on any atom is 0.240 e. The summed E-state index contributed by atoms with van der Waals surface area (Å²) in [5.41, 5.74) is 1.21. The minimum absolute atomic E-state index is 0.0862. The molecule has 0 bridgehead atoms. The summed E-state index contributed by atoms with van der Waals surface area (Å²) < 4.78 is 0. The smallest absolute Gasteiger partial charge is 0.240 e. The van der Waals surface area contributed by atoms with Crippen LogP contribution in [0.15, 0.2) is 24.3 Å². The summed E-state index contributed by atoms with van der Waals surface area (Å²) in [5, 5.41) is 3.17. The van der Waals surface area contributed by atoms with Crippen molar-refractivity contribution in [2.45, 2.75) is 40.2 Å². The molecule has 2 unspecified atom stereocenters. The van der Waals surface area contributed by atoms with Gasteiger partial charge in [-0.05, 0) is 44.5 Å². The largest absolute Gasteiger partial charge is 0.313 e. The molecule has 2 atom stereocenters. The van der Waals surface area contributed by atoms with Crippen LogP contribution in [-0.4, -0.2) is 18.9 Å². The van der Waals surface area contributed by atoms with E-state index in [1.807, 2.05) is 52.1 Å². The number of anilines is 1. The van der Waals surface area contributed by atoms with E-state index in [4.69, 9.17) is 0 Å². The number of rotatable bonds is 4. The van der Waals surface area contributed by atoms with Gasteiger partial charge in [-0.3, -0.25) is 14.5 Å². The maximum atomic E-state index is 12.6. The highest BCUT2D eigenvalue weighted by molar-refractivity contribution is 6.22. The molecule has 4 nitrogen and oxygen atoms in total. The molecular weight excluding hydrogens is 264 g/mol. The second-order valence-corrected chi connectivity index (χ2v) is 6.39. The number of carbonyl (C=O) groups is 2. The highest BCUT2D eigenvalue weighted by Gasteiger charge is 2.50. The fourth-order valence-electron chi connectivity index (χ4n) is 2.63. The topological polar surface area (TPSA) is 49.4 Å². The standard InChI is InChI=1S/C17H24N2O2/c1-11(2)17(4)10-15(20)19(16(17)21)14-8-6-13(7-9-14)12(3)18-5/h6-9,11-12,18H,10H2,1-5H3. The van der Waals surface area contributed by atoms with Gasteiger partial charge < -0.3 is 5.32 Å². The van der Waals surface area contributed by atoms with E-state index in [0.29, 0.717) is 5.69 Å². The van der Waals surface area contributed by atoms with Crippen molar-refractivity contribution >= 4 is 17.5 Å². The van der Waals surface area contributed by atoms with Crippen LogP contribution in [0.2, 0.25) is 0 Å². The summed E-state index contributed by atoms with van der Waals surface area (Å²) in [6, 6.07) is 7.87. The van der Waals surface area contributed by atoms with Crippen molar-refractivity contribution in [1.82, 2.24) is 5.32 Å². The van der Waals surface area contributed by atoms with E-state index >= 15 is 0 Å². The second-order valence-electron chi connectivity index (χ2n) is 6.39. The Morgan fingerprint density at radius 3 is 2.14 bits per heavy atom. The Balaban J connectivity index is 2.30. The minimum atomic E-state index is -0.589. The van der Waals surface area contributed by atoms with Crippen molar-refractivity contribution in [2.75, 3.05) is 11.9 Å². The van der Waals surface area contributed by atoms with Gasteiger partial charge in [-0.15, -0.1) is 0 Å². The van der Waals surface area contributed by atoms with Gasteiger partial charge in [0, 0.05) is 12.5 Å². The fraction of sp³-hybridized carbons (Fsp3) is 0.529. The molecule has 2 rings (SSSR count). The molecule has 1 saturated heterocycles. The molecule has 1 heterocycles. The number of hydrogen-bond donors (Lipinski definition) is 1. The molecule has 21 heavy (non-hydrogen) atoms. The molecule has 1 aromatic rings. The number of nitrogens with one attached hydrogen (secondary N) is 1. The summed E-state index contributed by atoms with van der Waals surface area (Å²) >= 11 is 0. The predicted octanol–water partition coefficient (Wildman–Crippen LogP) is 2.89. The van der Waals surface area contributed by atoms with Crippen LogP contribution in [0.4, 0.5) is 5.69 Å². The highest BCUT2D eigenvalue weighted by Crippen LogP contribution is 2.41. The monoisotopic (exact) mass is 288 g/mol. The summed E-state index contributed by atoms with van der Waals surface area (Å²) in [6.07, 6.45) is 0.290. The summed E-state index contributed by atoms with van der Waals surface area (Å²) in [4.78, 5) is 26.3. The lowest BCUT2D eigenvalue weighted by Crippen LogP contribution is -2.36. The summed E-state index contributed by atoms with van der Waals surface area (Å²) in [6.45, 7) is 7.94. The molecular formula is C17H24N2O2. The first-order chi connectivity index (χ1) is 9.81. The molecule has 0 aromatic heterocycles. The molecule has 1 aliphatic heterocycles. The Kier molecular flexibility index (Phi) is 4.19. The number of imide groups is 1. The summed E-state index contributed by atoms with van der Waals surface area (Å²) in [5.74, 6) is -0.0509. The van der Waals surface area contributed by atoms with Gasteiger partial charge in [0.1, 0.15) is 0 Å². The zero-order valence-corrected chi connectivity index (χ0v) is 13.4. The molecule has 1 aliphatic rings. The quantitative estimate of drug-likeness (QED) is 0.867. The number of carbonyl (C=O) groups excluding carboxylic acids is 2. The van der Waals surface area contributed by atoms with Crippen molar-refractivity contribution in [3.63, 3.8) is 0 Å². The molecule has 2 amide bonds. The van der Waals surface area contributed by atoms with Crippen LogP contribution in [-0.2, 0) is 9.59 Å². The predicted molar refractivity (Wildman–Crippen MR) is 84.0 cm³/mol. The molecule has 1 fully saturated rings. The first-order valence-electron chi connectivity index (χ1n) is 7.46. The Morgan fingerprint density at radius 2 is 1.71 bits per heavy atom. The van der Waals surface area contributed by atoms with E-state index in [-0.39, 0.29) is 30.2 Å². The van der Waals surface area contributed by atoms with E-state index in [1.54, 1.807) is 0 Å².